The smallest absolute Gasteiger partial charge is 0.191 e. The molecule has 0 atom stereocenters. The predicted molar refractivity (Wildman–Crippen MR) is 76.7 cm³/mol. The van der Waals surface area contributed by atoms with Crippen molar-refractivity contribution in [3.63, 3.8) is 0 Å². The van der Waals surface area contributed by atoms with Gasteiger partial charge in [-0.3, -0.25) is 9.67 Å². The van der Waals surface area contributed by atoms with Gasteiger partial charge in [0.15, 0.2) is 5.96 Å². The lowest BCUT2D eigenvalue weighted by atomic mass is 10.2. The van der Waals surface area contributed by atoms with E-state index in [1.165, 1.54) is 5.56 Å². The van der Waals surface area contributed by atoms with Crippen LogP contribution in [0.5, 0.6) is 0 Å². The summed E-state index contributed by atoms with van der Waals surface area (Å²) in [7, 11) is 3.70. The van der Waals surface area contributed by atoms with Crippen molar-refractivity contribution in [2.45, 2.75) is 13.1 Å². The minimum atomic E-state index is 0.699. The molecule has 19 heavy (non-hydrogen) atoms. The van der Waals surface area contributed by atoms with Crippen LogP contribution in [0.1, 0.15) is 11.3 Å². The molecule has 2 aromatic rings. The SMILES string of the molecule is CN=C(NCc1ccccc1)NCc1ccnn1C. The molecule has 5 nitrogen and oxygen atoms in total. The lowest BCUT2D eigenvalue weighted by molar-refractivity contribution is 0.684. The van der Waals surface area contributed by atoms with Crippen LogP contribution in [0, 0.1) is 0 Å². The Hall–Kier alpha value is -2.30. The number of hydrogen-bond acceptors (Lipinski definition) is 2. The average molecular weight is 257 g/mol. The normalized spacial score (nSPS) is 11.4. The van der Waals surface area contributed by atoms with Crippen molar-refractivity contribution >= 4 is 5.96 Å². The van der Waals surface area contributed by atoms with Crippen LogP contribution in [-0.2, 0) is 20.1 Å². The van der Waals surface area contributed by atoms with Gasteiger partial charge in [-0.2, -0.15) is 5.10 Å². The molecule has 1 aromatic carbocycles. The number of aromatic nitrogens is 2. The number of aryl methyl sites for hydroxylation is 1. The maximum absolute atomic E-state index is 4.20. The third-order valence-corrected chi connectivity index (χ3v) is 2.89. The molecule has 0 fully saturated rings. The second kappa shape index (κ2) is 6.58. The van der Waals surface area contributed by atoms with Gasteiger partial charge in [-0.15, -0.1) is 0 Å². The van der Waals surface area contributed by atoms with Crippen LogP contribution in [0.2, 0.25) is 0 Å². The standard InChI is InChI=1S/C14H19N5/c1-15-14(16-10-12-6-4-3-5-7-12)17-11-13-8-9-18-19(13)2/h3-9H,10-11H2,1-2H3,(H2,15,16,17). The van der Waals surface area contributed by atoms with E-state index in [9.17, 15) is 0 Å². The number of nitrogens with one attached hydrogen (secondary N) is 2. The van der Waals surface area contributed by atoms with Crippen LogP contribution in [0.25, 0.3) is 0 Å². The molecule has 2 rings (SSSR count). The molecule has 1 heterocycles. The summed E-state index contributed by atoms with van der Waals surface area (Å²) in [5, 5.41) is 10.7. The van der Waals surface area contributed by atoms with E-state index in [0.29, 0.717) is 6.54 Å². The number of nitrogens with zero attached hydrogens (tertiary/aromatic N) is 3. The van der Waals surface area contributed by atoms with E-state index < -0.39 is 0 Å². The Kier molecular flexibility index (Phi) is 4.55. The van der Waals surface area contributed by atoms with Gasteiger partial charge in [-0.05, 0) is 11.6 Å². The molecule has 0 saturated carbocycles. The molecule has 2 N–H and O–H groups in total. The second-order valence-corrected chi connectivity index (χ2v) is 4.21. The molecule has 5 heteroatoms. The monoisotopic (exact) mass is 257 g/mol. The number of aliphatic imine (C=N–C) groups is 1. The fourth-order valence-corrected chi connectivity index (χ4v) is 1.75. The average Bonchev–Trinajstić information content (AvgIpc) is 2.86. The molecule has 1 aromatic heterocycles. The van der Waals surface area contributed by atoms with Gasteiger partial charge in [0, 0.05) is 26.8 Å². The lowest BCUT2D eigenvalue weighted by Crippen LogP contribution is -2.36. The molecular formula is C14H19N5. The third-order valence-electron chi connectivity index (χ3n) is 2.89. The van der Waals surface area contributed by atoms with Gasteiger partial charge in [0.2, 0.25) is 0 Å². The van der Waals surface area contributed by atoms with E-state index in [0.717, 1.165) is 18.2 Å². The molecule has 0 radical (unpaired) electrons. The number of benzene rings is 1. The maximum atomic E-state index is 4.20. The summed E-state index contributed by atoms with van der Waals surface area (Å²) < 4.78 is 1.84. The minimum Gasteiger partial charge on any atom is -0.352 e. The van der Waals surface area contributed by atoms with Crippen molar-refractivity contribution in [2.24, 2.45) is 12.0 Å². The van der Waals surface area contributed by atoms with E-state index >= 15 is 0 Å². The van der Waals surface area contributed by atoms with Crippen LogP contribution in [-0.4, -0.2) is 22.8 Å². The highest BCUT2D eigenvalue weighted by Gasteiger charge is 2.01. The Labute approximate surface area is 113 Å². The zero-order valence-corrected chi connectivity index (χ0v) is 11.3. The second-order valence-electron chi connectivity index (χ2n) is 4.21. The molecular weight excluding hydrogens is 238 g/mol. The fraction of sp³-hybridized carbons (Fsp3) is 0.286. The summed E-state index contributed by atoms with van der Waals surface area (Å²) in [6.45, 7) is 1.46. The summed E-state index contributed by atoms with van der Waals surface area (Å²) in [5.41, 5.74) is 2.34. The molecule has 0 saturated heterocycles. The summed E-state index contributed by atoms with van der Waals surface area (Å²) in [4.78, 5) is 4.20. The van der Waals surface area contributed by atoms with Gasteiger partial charge in [0.05, 0.1) is 12.2 Å². The molecule has 100 valence electrons. The Bertz CT molecular complexity index is 530. The van der Waals surface area contributed by atoms with Gasteiger partial charge >= 0.3 is 0 Å². The number of hydrogen-bond donors (Lipinski definition) is 2. The summed E-state index contributed by atoms with van der Waals surface area (Å²) in [5.74, 6) is 0.782. The Morgan fingerprint density at radius 1 is 1.16 bits per heavy atom. The quantitative estimate of drug-likeness (QED) is 0.641. The minimum absolute atomic E-state index is 0.699. The highest BCUT2D eigenvalue weighted by Crippen LogP contribution is 1.98. The highest BCUT2D eigenvalue weighted by atomic mass is 15.3. The molecule has 0 bridgehead atoms. The molecule has 0 aliphatic carbocycles. The van der Waals surface area contributed by atoms with Gasteiger partial charge < -0.3 is 10.6 Å². The van der Waals surface area contributed by atoms with Crippen molar-refractivity contribution in [3.8, 4) is 0 Å². The largest absolute Gasteiger partial charge is 0.352 e. The molecule has 0 amide bonds. The van der Waals surface area contributed by atoms with E-state index in [1.807, 2.05) is 36.0 Å². The van der Waals surface area contributed by atoms with Crippen molar-refractivity contribution in [1.29, 1.82) is 0 Å². The fourth-order valence-electron chi connectivity index (χ4n) is 1.75. The molecule has 0 aliphatic rings. The maximum Gasteiger partial charge on any atom is 0.191 e. The van der Waals surface area contributed by atoms with Crippen LogP contribution < -0.4 is 10.6 Å². The number of guanidine groups is 1. The molecule has 0 unspecified atom stereocenters. The van der Waals surface area contributed by atoms with Crippen molar-refractivity contribution in [2.75, 3.05) is 7.05 Å². The highest BCUT2D eigenvalue weighted by molar-refractivity contribution is 5.79. The first-order valence-electron chi connectivity index (χ1n) is 6.25. The first-order chi connectivity index (χ1) is 9.29. The van der Waals surface area contributed by atoms with Crippen LogP contribution in [0.3, 0.4) is 0 Å². The van der Waals surface area contributed by atoms with E-state index in [4.69, 9.17) is 0 Å². The van der Waals surface area contributed by atoms with Gasteiger partial charge in [-0.1, -0.05) is 30.3 Å². The zero-order valence-electron chi connectivity index (χ0n) is 11.3. The lowest BCUT2D eigenvalue weighted by Gasteiger charge is -2.12. The van der Waals surface area contributed by atoms with Crippen LogP contribution in [0.15, 0.2) is 47.6 Å². The van der Waals surface area contributed by atoms with E-state index in [2.05, 4.69) is 32.9 Å². The summed E-state index contributed by atoms with van der Waals surface area (Å²) in [6, 6.07) is 12.2. The predicted octanol–water partition coefficient (Wildman–Crippen LogP) is 1.29. The van der Waals surface area contributed by atoms with E-state index in [-0.39, 0.29) is 0 Å². The van der Waals surface area contributed by atoms with E-state index in [1.54, 1.807) is 13.2 Å². The van der Waals surface area contributed by atoms with Crippen molar-refractivity contribution in [1.82, 2.24) is 20.4 Å². The van der Waals surface area contributed by atoms with Crippen LogP contribution >= 0.6 is 0 Å². The first-order valence-corrected chi connectivity index (χ1v) is 6.25. The van der Waals surface area contributed by atoms with Crippen molar-refractivity contribution in [3.05, 3.63) is 53.9 Å². The van der Waals surface area contributed by atoms with Gasteiger partial charge in [-0.25, -0.2) is 0 Å². The van der Waals surface area contributed by atoms with Gasteiger partial charge in [0.25, 0.3) is 0 Å². The Morgan fingerprint density at radius 2 is 1.89 bits per heavy atom. The molecule has 0 spiro atoms. The molecule has 0 aliphatic heterocycles. The Morgan fingerprint density at radius 3 is 2.53 bits per heavy atom. The summed E-state index contributed by atoms with van der Waals surface area (Å²) >= 11 is 0. The zero-order chi connectivity index (χ0) is 13.5. The van der Waals surface area contributed by atoms with Crippen molar-refractivity contribution < 1.29 is 0 Å². The Balaban J connectivity index is 1.83. The van der Waals surface area contributed by atoms with Gasteiger partial charge in [0.1, 0.15) is 0 Å². The van der Waals surface area contributed by atoms with Crippen LogP contribution in [0.4, 0.5) is 0 Å². The number of rotatable bonds is 4. The first kappa shape index (κ1) is 13.1. The summed E-state index contributed by atoms with van der Waals surface area (Å²) in [6.07, 6.45) is 1.79. The third kappa shape index (κ3) is 3.84. The topological polar surface area (TPSA) is 54.2 Å².